The van der Waals surface area contributed by atoms with Gasteiger partial charge in [-0.2, -0.15) is 4.31 Å². The zero-order chi connectivity index (χ0) is 17.8. The molecule has 1 N–H and O–H groups in total. The lowest BCUT2D eigenvalue weighted by molar-refractivity contribution is -0.121. The minimum absolute atomic E-state index is 0.00668. The lowest BCUT2D eigenvalue weighted by Crippen LogP contribution is -2.44. The van der Waals surface area contributed by atoms with E-state index in [-0.39, 0.29) is 11.7 Å². The molecule has 0 bridgehead atoms. The van der Waals surface area contributed by atoms with Crippen molar-refractivity contribution in [3.63, 3.8) is 0 Å². The molecule has 0 saturated carbocycles. The molecule has 7 nitrogen and oxygen atoms in total. The molecule has 0 radical (unpaired) electrons. The number of para-hydroxylation sites is 1. The van der Waals surface area contributed by atoms with E-state index in [2.05, 4.69) is 10.3 Å². The second-order valence-corrected chi connectivity index (χ2v) is 8.74. The quantitative estimate of drug-likeness (QED) is 0.897. The number of aryl methyl sites for hydroxylation is 1. The molecular weight excluding hydrogens is 340 g/mol. The van der Waals surface area contributed by atoms with Crippen molar-refractivity contribution in [3.8, 4) is 0 Å². The van der Waals surface area contributed by atoms with E-state index in [0.29, 0.717) is 18.8 Å². The van der Waals surface area contributed by atoms with Crippen molar-refractivity contribution in [3.05, 3.63) is 48.0 Å². The van der Waals surface area contributed by atoms with Crippen LogP contribution in [-0.4, -0.2) is 40.5 Å². The normalized spacial score (nSPS) is 26.2. The minimum Gasteiger partial charge on any atom is -0.337 e. The molecule has 1 aromatic heterocycles. The van der Waals surface area contributed by atoms with E-state index in [1.807, 2.05) is 31.3 Å². The summed E-state index contributed by atoms with van der Waals surface area (Å²) < 4.78 is 28.7. The number of amides is 1. The van der Waals surface area contributed by atoms with Gasteiger partial charge in [0.1, 0.15) is 17.3 Å². The van der Waals surface area contributed by atoms with Gasteiger partial charge in [-0.1, -0.05) is 18.2 Å². The SMILES string of the molecule is CCS(=O)(=O)N1CC[C@]2(C(=O)Nc3ccccc32)[C@@H]1c1nccn1C. The zero-order valence-corrected chi connectivity index (χ0v) is 15.0. The lowest BCUT2D eigenvalue weighted by atomic mass is 9.75. The van der Waals surface area contributed by atoms with Crippen LogP contribution in [0.2, 0.25) is 0 Å². The first-order chi connectivity index (χ1) is 11.9. The van der Waals surface area contributed by atoms with E-state index in [4.69, 9.17) is 0 Å². The second-order valence-electron chi connectivity index (χ2n) is 6.53. The number of carbonyl (C=O) groups is 1. The highest BCUT2D eigenvalue weighted by atomic mass is 32.2. The van der Waals surface area contributed by atoms with Crippen LogP contribution >= 0.6 is 0 Å². The van der Waals surface area contributed by atoms with Crippen molar-refractivity contribution < 1.29 is 13.2 Å². The van der Waals surface area contributed by atoms with Crippen LogP contribution in [0.25, 0.3) is 0 Å². The Labute approximate surface area is 146 Å². The van der Waals surface area contributed by atoms with Crippen LogP contribution in [0.3, 0.4) is 0 Å². The van der Waals surface area contributed by atoms with Crippen molar-refractivity contribution in [2.75, 3.05) is 17.6 Å². The van der Waals surface area contributed by atoms with Gasteiger partial charge in [0.2, 0.25) is 15.9 Å². The zero-order valence-electron chi connectivity index (χ0n) is 14.1. The molecular formula is C17H20N4O3S. The number of hydrogen-bond acceptors (Lipinski definition) is 4. The Balaban J connectivity index is 1.97. The van der Waals surface area contributed by atoms with E-state index in [1.54, 1.807) is 23.9 Å². The summed E-state index contributed by atoms with van der Waals surface area (Å²) in [6.45, 7) is 1.92. The standard InChI is InChI=1S/C17H20N4O3S/c1-3-25(23,24)21-10-8-17(14(21)15-18-9-11-20(15)2)12-6-4-5-7-13(12)19-16(17)22/h4-7,9,11,14H,3,8,10H2,1-2H3,(H,19,22)/t14-,17+/m0/s1. The van der Waals surface area contributed by atoms with Crippen LogP contribution in [0.4, 0.5) is 5.69 Å². The highest BCUT2D eigenvalue weighted by Crippen LogP contribution is 2.55. The number of sulfonamides is 1. The number of carbonyl (C=O) groups excluding carboxylic acids is 1. The Morgan fingerprint density at radius 1 is 1.36 bits per heavy atom. The van der Waals surface area contributed by atoms with Gasteiger partial charge in [-0.05, 0) is 25.0 Å². The molecule has 132 valence electrons. The number of rotatable bonds is 3. The van der Waals surface area contributed by atoms with E-state index in [9.17, 15) is 13.2 Å². The van der Waals surface area contributed by atoms with Gasteiger partial charge >= 0.3 is 0 Å². The van der Waals surface area contributed by atoms with Crippen molar-refractivity contribution in [2.24, 2.45) is 7.05 Å². The first-order valence-electron chi connectivity index (χ1n) is 8.29. The van der Waals surface area contributed by atoms with Gasteiger partial charge in [0.15, 0.2) is 0 Å². The van der Waals surface area contributed by atoms with E-state index in [1.165, 1.54) is 4.31 Å². The summed E-state index contributed by atoms with van der Waals surface area (Å²) in [5.41, 5.74) is 0.655. The number of fused-ring (bicyclic) bond motifs is 2. The Morgan fingerprint density at radius 3 is 2.80 bits per heavy atom. The monoisotopic (exact) mass is 360 g/mol. The van der Waals surface area contributed by atoms with Crippen LogP contribution < -0.4 is 5.32 Å². The third kappa shape index (κ3) is 2.10. The molecule has 1 spiro atoms. The van der Waals surface area contributed by atoms with Gasteiger partial charge < -0.3 is 9.88 Å². The van der Waals surface area contributed by atoms with Gasteiger partial charge in [0.25, 0.3) is 0 Å². The highest BCUT2D eigenvalue weighted by molar-refractivity contribution is 7.89. The number of imidazole rings is 1. The number of anilines is 1. The highest BCUT2D eigenvalue weighted by Gasteiger charge is 2.61. The number of nitrogens with one attached hydrogen (secondary N) is 1. The summed E-state index contributed by atoms with van der Waals surface area (Å²) in [4.78, 5) is 17.5. The fourth-order valence-corrected chi connectivity index (χ4v) is 5.41. The summed E-state index contributed by atoms with van der Waals surface area (Å²) in [5, 5.41) is 2.93. The van der Waals surface area contributed by atoms with Gasteiger partial charge in [0.05, 0.1) is 5.75 Å². The van der Waals surface area contributed by atoms with E-state index >= 15 is 0 Å². The van der Waals surface area contributed by atoms with E-state index < -0.39 is 21.5 Å². The molecule has 1 saturated heterocycles. The third-order valence-electron chi connectivity index (χ3n) is 5.37. The van der Waals surface area contributed by atoms with Crippen LogP contribution in [0.5, 0.6) is 0 Å². The minimum atomic E-state index is -3.48. The molecule has 4 rings (SSSR count). The molecule has 2 aliphatic rings. The summed E-state index contributed by atoms with van der Waals surface area (Å²) in [5.74, 6) is 0.421. The summed E-state index contributed by atoms with van der Waals surface area (Å²) in [6.07, 6.45) is 3.85. The summed E-state index contributed by atoms with van der Waals surface area (Å²) >= 11 is 0. The molecule has 2 aliphatic heterocycles. The predicted octanol–water partition coefficient (Wildman–Crippen LogP) is 1.41. The Hall–Kier alpha value is -2.19. The molecule has 2 atom stereocenters. The predicted molar refractivity (Wildman–Crippen MR) is 93.5 cm³/mol. The number of hydrogen-bond donors (Lipinski definition) is 1. The molecule has 0 aliphatic carbocycles. The van der Waals surface area contributed by atoms with Crippen molar-refractivity contribution in [1.29, 1.82) is 0 Å². The number of aromatic nitrogens is 2. The largest absolute Gasteiger partial charge is 0.337 e. The summed E-state index contributed by atoms with van der Waals surface area (Å²) in [6, 6.07) is 6.86. The fraction of sp³-hybridized carbons (Fsp3) is 0.412. The van der Waals surface area contributed by atoms with Crippen molar-refractivity contribution in [1.82, 2.24) is 13.9 Å². The number of benzene rings is 1. The van der Waals surface area contributed by atoms with E-state index in [0.717, 1.165) is 11.3 Å². The van der Waals surface area contributed by atoms with Gasteiger partial charge in [0, 0.05) is 31.7 Å². The maximum atomic E-state index is 13.1. The topological polar surface area (TPSA) is 84.3 Å². The van der Waals surface area contributed by atoms with Crippen LogP contribution in [0, 0.1) is 0 Å². The van der Waals surface area contributed by atoms with Gasteiger partial charge in [-0.3, -0.25) is 4.79 Å². The van der Waals surface area contributed by atoms with Crippen LogP contribution in [-0.2, 0) is 27.3 Å². The van der Waals surface area contributed by atoms with Gasteiger partial charge in [-0.15, -0.1) is 0 Å². The fourth-order valence-electron chi connectivity index (χ4n) is 4.11. The first-order valence-corrected chi connectivity index (χ1v) is 9.90. The lowest BCUT2D eigenvalue weighted by Gasteiger charge is -2.32. The van der Waals surface area contributed by atoms with Crippen LogP contribution in [0.1, 0.15) is 30.8 Å². The summed E-state index contributed by atoms with van der Waals surface area (Å²) in [7, 11) is -1.66. The molecule has 25 heavy (non-hydrogen) atoms. The van der Waals surface area contributed by atoms with Gasteiger partial charge in [-0.25, -0.2) is 13.4 Å². The second kappa shape index (κ2) is 5.40. The van der Waals surface area contributed by atoms with Crippen LogP contribution in [0.15, 0.2) is 36.7 Å². The molecule has 0 unspecified atom stereocenters. The molecule has 1 fully saturated rings. The number of nitrogens with zero attached hydrogens (tertiary/aromatic N) is 3. The average Bonchev–Trinajstić information content (AvgIpc) is 3.26. The maximum absolute atomic E-state index is 13.1. The first kappa shape index (κ1) is 16.3. The average molecular weight is 360 g/mol. The Bertz CT molecular complexity index is 952. The van der Waals surface area contributed by atoms with Crippen molar-refractivity contribution >= 4 is 21.6 Å². The smallest absolute Gasteiger partial charge is 0.237 e. The third-order valence-corrected chi connectivity index (χ3v) is 7.21. The molecule has 3 heterocycles. The molecule has 1 amide bonds. The molecule has 2 aromatic rings. The molecule has 8 heteroatoms. The maximum Gasteiger partial charge on any atom is 0.237 e. The Morgan fingerprint density at radius 2 is 2.12 bits per heavy atom. The Kier molecular flexibility index (Phi) is 3.52. The molecule has 1 aromatic carbocycles. The van der Waals surface area contributed by atoms with Crippen molar-refractivity contribution in [2.45, 2.75) is 24.8 Å².